The van der Waals surface area contributed by atoms with Crippen LogP contribution in [0.4, 0.5) is 0 Å². The van der Waals surface area contributed by atoms with E-state index in [1.165, 1.54) is 6.92 Å². The van der Waals surface area contributed by atoms with Crippen LogP contribution in [-0.2, 0) is 17.9 Å². The van der Waals surface area contributed by atoms with Crippen molar-refractivity contribution in [3.63, 3.8) is 0 Å². The maximum absolute atomic E-state index is 12.7. The van der Waals surface area contributed by atoms with Crippen molar-refractivity contribution in [1.29, 1.82) is 0 Å². The molecule has 2 aromatic rings. The minimum absolute atomic E-state index is 0.0372. The SMILES string of the molecule is CC(=O)c1cn(CC2CC3CCN2CC3C(=O)NCc2cccnc2)nn1. The predicted molar refractivity (Wildman–Crippen MR) is 97.7 cm³/mol. The van der Waals surface area contributed by atoms with Gasteiger partial charge in [0, 0.05) is 38.4 Å². The molecule has 2 aromatic heterocycles. The fraction of sp³-hybridized carbons (Fsp3) is 0.526. The van der Waals surface area contributed by atoms with Crippen LogP contribution in [0.25, 0.3) is 0 Å². The molecule has 8 nitrogen and oxygen atoms in total. The van der Waals surface area contributed by atoms with Crippen LogP contribution < -0.4 is 5.32 Å². The first kappa shape index (κ1) is 17.8. The third kappa shape index (κ3) is 3.90. The summed E-state index contributed by atoms with van der Waals surface area (Å²) >= 11 is 0. The van der Waals surface area contributed by atoms with Crippen molar-refractivity contribution in [2.75, 3.05) is 13.1 Å². The second-order valence-corrected chi connectivity index (χ2v) is 7.50. The minimum atomic E-state index is -0.0722. The van der Waals surface area contributed by atoms with E-state index in [1.807, 2.05) is 12.1 Å². The Labute approximate surface area is 158 Å². The van der Waals surface area contributed by atoms with Crippen molar-refractivity contribution in [1.82, 2.24) is 30.2 Å². The monoisotopic (exact) mass is 368 g/mol. The van der Waals surface area contributed by atoms with Gasteiger partial charge in [-0.2, -0.15) is 0 Å². The molecule has 3 aliphatic rings. The van der Waals surface area contributed by atoms with Crippen molar-refractivity contribution in [3.05, 3.63) is 42.0 Å². The van der Waals surface area contributed by atoms with Crippen molar-refractivity contribution in [3.8, 4) is 0 Å². The van der Waals surface area contributed by atoms with Crippen LogP contribution in [0.3, 0.4) is 0 Å². The molecule has 4 atom stereocenters. The molecule has 3 saturated heterocycles. The summed E-state index contributed by atoms with van der Waals surface area (Å²) in [7, 11) is 0. The van der Waals surface area contributed by atoms with Gasteiger partial charge in [0.2, 0.25) is 5.91 Å². The lowest BCUT2D eigenvalue weighted by Crippen LogP contribution is -2.58. The number of nitrogens with one attached hydrogen (secondary N) is 1. The second kappa shape index (κ2) is 7.56. The van der Waals surface area contributed by atoms with E-state index < -0.39 is 0 Å². The van der Waals surface area contributed by atoms with Gasteiger partial charge < -0.3 is 5.32 Å². The molecule has 4 unspecified atom stereocenters. The Morgan fingerprint density at radius 1 is 1.37 bits per heavy atom. The third-order valence-electron chi connectivity index (χ3n) is 5.70. The van der Waals surface area contributed by atoms with Crippen LogP contribution in [0.5, 0.6) is 0 Å². The molecule has 0 aliphatic carbocycles. The van der Waals surface area contributed by atoms with Crippen LogP contribution in [0, 0.1) is 11.8 Å². The predicted octanol–water partition coefficient (Wildman–Crippen LogP) is 0.902. The summed E-state index contributed by atoms with van der Waals surface area (Å²) in [5.41, 5.74) is 1.41. The summed E-state index contributed by atoms with van der Waals surface area (Å²) in [4.78, 5) is 30.5. The Kier molecular flexibility index (Phi) is 4.98. The fourth-order valence-corrected chi connectivity index (χ4v) is 4.21. The molecule has 8 heteroatoms. The molecular weight excluding hydrogens is 344 g/mol. The zero-order chi connectivity index (χ0) is 18.8. The average Bonchev–Trinajstić information content (AvgIpc) is 3.16. The van der Waals surface area contributed by atoms with Crippen molar-refractivity contribution in [2.24, 2.45) is 11.8 Å². The number of Topliss-reactive ketones (excluding diaryl/α,β-unsaturated/α-hetero) is 1. The number of fused-ring (bicyclic) bond motifs is 3. The number of pyridine rings is 1. The maximum Gasteiger partial charge on any atom is 0.224 e. The topological polar surface area (TPSA) is 93.0 Å². The average molecular weight is 368 g/mol. The van der Waals surface area contributed by atoms with E-state index in [0.717, 1.165) is 31.5 Å². The van der Waals surface area contributed by atoms with E-state index in [4.69, 9.17) is 0 Å². The van der Waals surface area contributed by atoms with Crippen LogP contribution in [-0.4, -0.2) is 55.7 Å². The van der Waals surface area contributed by atoms with Crippen molar-refractivity contribution >= 4 is 11.7 Å². The van der Waals surface area contributed by atoms with Gasteiger partial charge in [-0.15, -0.1) is 5.10 Å². The summed E-state index contributed by atoms with van der Waals surface area (Å²) in [6.45, 7) is 4.51. The highest BCUT2D eigenvalue weighted by Crippen LogP contribution is 2.36. The minimum Gasteiger partial charge on any atom is -0.352 e. The van der Waals surface area contributed by atoms with E-state index in [9.17, 15) is 9.59 Å². The fourth-order valence-electron chi connectivity index (χ4n) is 4.21. The number of piperidine rings is 3. The highest BCUT2D eigenvalue weighted by atomic mass is 16.2. The molecule has 1 amide bonds. The molecule has 3 fully saturated rings. The second-order valence-electron chi connectivity index (χ2n) is 7.50. The normalized spacial score (nSPS) is 26.7. The number of hydrogen-bond donors (Lipinski definition) is 1. The van der Waals surface area contributed by atoms with Crippen LogP contribution >= 0.6 is 0 Å². The summed E-state index contributed by atoms with van der Waals surface area (Å²) in [5.74, 6) is 0.489. The number of nitrogens with zero attached hydrogens (tertiary/aromatic N) is 5. The number of aromatic nitrogens is 4. The first-order chi connectivity index (χ1) is 13.1. The molecule has 3 aliphatic heterocycles. The Morgan fingerprint density at radius 3 is 2.93 bits per heavy atom. The molecule has 5 rings (SSSR count). The van der Waals surface area contributed by atoms with E-state index >= 15 is 0 Å². The third-order valence-corrected chi connectivity index (χ3v) is 5.70. The molecule has 1 N–H and O–H groups in total. The van der Waals surface area contributed by atoms with Gasteiger partial charge in [-0.05, 0) is 36.9 Å². The smallest absolute Gasteiger partial charge is 0.224 e. The summed E-state index contributed by atoms with van der Waals surface area (Å²) in [6.07, 6.45) is 7.25. The summed E-state index contributed by atoms with van der Waals surface area (Å²) in [6, 6.07) is 4.18. The maximum atomic E-state index is 12.7. The van der Waals surface area contributed by atoms with E-state index in [-0.39, 0.29) is 17.6 Å². The standard InChI is InChI=1S/C19H24N6O2/c1-13(26)18-12-25(23-22-18)10-16-7-15-4-6-24(16)11-17(15)19(27)21-9-14-3-2-5-20-8-14/h2-3,5,8,12,15-17H,4,6-7,9-11H2,1H3,(H,21,27). The van der Waals surface area contributed by atoms with Gasteiger partial charge in [-0.1, -0.05) is 11.3 Å². The first-order valence-corrected chi connectivity index (χ1v) is 9.42. The van der Waals surface area contributed by atoms with Gasteiger partial charge in [-0.25, -0.2) is 0 Å². The van der Waals surface area contributed by atoms with Crippen molar-refractivity contribution in [2.45, 2.75) is 38.9 Å². The Hall–Kier alpha value is -2.61. The van der Waals surface area contributed by atoms with Gasteiger partial charge in [-0.3, -0.25) is 24.2 Å². The Balaban J connectivity index is 1.34. The quantitative estimate of drug-likeness (QED) is 0.762. The molecule has 5 heterocycles. The van der Waals surface area contributed by atoms with E-state index in [0.29, 0.717) is 30.7 Å². The molecule has 142 valence electrons. The number of amides is 1. The highest BCUT2D eigenvalue weighted by Gasteiger charge is 2.43. The highest BCUT2D eigenvalue weighted by molar-refractivity contribution is 5.91. The number of rotatable bonds is 6. The molecular formula is C19H24N6O2. The zero-order valence-electron chi connectivity index (χ0n) is 15.4. The van der Waals surface area contributed by atoms with Gasteiger partial charge in [0.15, 0.2) is 5.78 Å². The number of ketones is 1. The number of carbonyl (C=O) groups is 2. The van der Waals surface area contributed by atoms with E-state index in [1.54, 1.807) is 23.3 Å². The van der Waals surface area contributed by atoms with E-state index in [2.05, 4.69) is 25.5 Å². The summed E-state index contributed by atoms with van der Waals surface area (Å²) < 4.78 is 1.75. The lowest BCUT2D eigenvalue weighted by atomic mass is 9.75. The van der Waals surface area contributed by atoms with Gasteiger partial charge in [0.1, 0.15) is 5.69 Å². The molecule has 27 heavy (non-hydrogen) atoms. The Morgan fingerprint density at radius 2 is 2.26 bits per heavy atom. The van der Waals surface area contributed by atoms with Crippen LogP contribution in [0.15, 0.2) is 30.7 Å². The Bertz CT molecular complexity index is 821. The lowest BCUT2D eigenvalue weighted by Gasteiger charge is -2.49. The first-order valence-electron chi connectivity index (χ1n) is 9.42. The van der Waals surface area contributed by atoms with Gasteiger partial charge >= 0.3 is 0 Å². The molecule has 0 aromatic carbocycles. The van der Waals surface area contributed by atoms with Crippen LogP contribution in [0.1, 0.15) is 35.8 Å². The number of carbonyl (C=O) groups excluding carboxylic acids is 2. The van der Waals surface area contributed by atoms with Crippen molar-refractivity contribution < 1.29 is 9.59 Å². The van der Waals surface area contributed by atoms with Gasteiger partial charge in [0.05, 0.1) is 18.7 Å². The molecule has 0 radical (unpaired) electrons. The zero-order valence-corrected chi connectivity index (χ0v) is 15.4. The molecule has 0 spiro atoms. The molecule has 0 saturated carbocycles. The largest absolute Gasteiger partial charge is 0.352 e. The summed E-state index contributed by atoms with van der Waals surface area (Å²) in [5, 5.41) is 11.0. The van der Waals surface area contributed by atoms with Gasteiger partial charge in [0.25, 0.3) is 0 Å². The number of hydrogen-bond acceptors (Lipinski definition) is 6. The molecule has 2 bridgehead atoms. The lowest BCUT2D eigenvalue weighted by molar-refractivity contribution is -0.133. The van der Waals surface area contributed by atoms with Crippen LogP contribution in [0.2, 0.25) is 0 Å².